The van der Waals surface area contributed by atoms with Gasteiger partial charge in [-0.25, -0.2) is 15.0 Å². The summed E-state index contributed by atoms with van der Waals surface area (Å²) in [5.41, 5.74) is 1.12. The van der Waals surface area contributed by atoms with Crippen molar-refractivity contribution in [2.75, 3.05) is 23.7 Å². The summed E-state index contributed by atoms with van der Waals surface area (Å²) >= 11 is 0. The molecule has 0 radical (unpaired) electrons. The van der Waals surface area contributed by atoms with Crippen LogP contribution >= 0.6 is 0 Å². The van der Waals surface area contributed by atoms with E-state index in [0.717, 1.165) is 11.4 Å². The predicted molar refractivity (Wildman–Crippen MR) is 95.4 cm³/mol. The number of carbonyl (C=O) groups excluding carboxylic acids is 1. The van der Waals surface area contributed by atoms with E-state index in [2.05, 4.69) is 30.9 Å². The second-order valence-electron chi connectivity index (χ2n) is 5.90. The van der Waals surface area contributed by atoms with Gasteiger partial charge in [0.25, 0.3) is 0 Å². The number of aromatic nitrogens is 3. The number of pyridine rings is 1. The quantitative estimate of drug-likeness (QED) is 0.676. The van der Waals surface area contributed by atoms with Gasteiger partial charge in [-0.15, -0.1) is 0 Å². The summed E-state index contributed by atoms with van der Waals surface area (Å²) in [6, 6.07) is 5.71. The lowest BCUT2D eigenvalue weighted by molar-refractivity contribution is -0.123. The first-order valence-corrected chi connectivity index (χ1v) is 8.01. The molecule has 0 unspecified atom stereocenters. The zero-order valence-electron chi connectivity index (χ0n) is 14.6. The number of hydrogen-bond donors (Lipinski definition) is 3. The van der Waals surface area contributed by atoms with Gasteiger partial charge < -0.3 is 16.0 Å². The van der Waals surface area contributed by atoms with Gasteiger partial charge in [0.15, 0.2) is 0 Å². The van der Waals surface area contributed by atoms with E-state index >= 15 is 0 Å². The summed E-state index contributed by atoms with van der Waals surface area (Å²) in [5.74, 6) is 2.81. The highest BCUT2D eigenvalue weighted by molar-refractivity contribution is 5.77. The average Bonchev–Trinajstić information content (AvgIpc) is 2.50. The van der Waals surface area contributed by atoms with Crippen LogP contribution in [0, 0.1) is 19.8 Å². The van der Waals surface area contributed by atoms with Crippen molar-refractivity contribution in [3.05, 3.63) is 35.8 Å². The maximum absolute atomic E-state index is 11.5. The molecule has 0 bridgehead atoms. The van der Waals surface area contributed by atoms with Gasteiger partial charge in [0, 0.05) is 31.3 Å². The van der Waals surface area contributed by atoms with Gasteiger partial charge in [0.1, 0.15) is 23.3 Å². The van der Waals surface area contributed by atoms with Gasteiger partial charge in [-0.3, -0.25) is 4.79 Å². The van der Waals surface area contributed by atoms with E-state index in [1.54, 1.807) is 6.20 Å². The topological polar surface area (TPSA) is 91.8 Å². The van der Waals surface area contributed by atoms with Crippen LogP contribution in [0.4, 0.5) is 17.5 Å². The highest BCUT2D eigenvalue weighted by Gasteiger charge is 2.06. The Kier molecular flexibility index (Phi) is 6.06. The van der Waals surface area contributed by atoms with Crippen molar-refractivity contribution in [3.63, 3.8) is 0 Å². The molecular weight excluding hydrogens is 304 g/mol. The molecule has 0 spiro atoms. The summed E-state index contributed by atoms with van der Waals surface area (Å²) in [6.07, 6.45) is 1.75. The van der Waals surface area contributed by atoms with E-state index in [-0.39, 0.29) is 11.8 Å². The van der Waals surface area contributed by atoms with Crippen LogP contribution in [0.3, 0.4) is 0 Å². The van der Waals surface area contributed by atoms with Crippen LogP contribution in [0.2, 0.25) is 0 Å². The Labute approximate surface area is 142 Å². The number of amides is 1. The average molecular weight is 328 g/mol. The third-order valence-corrected chi connectivity index (χ3v) is 3.26. The molecule has 7 heteroatoms. The molecular formula is C17H24N6O. The Morgan fingerprint density at radius 1 is 1.08 bits per heavy atom. The third-order valence-electron chi connectivity index (χ3n) is 3.26. The molecule has 1 amide bonds. The Morgan fingerprint density at radius 2 is 1.83 bits per heavy atom. The molecule has 0 fully saturated rings. The van der Waals surface area contributed by atoms with Crippen LogP contribution < -0.4 is 16.0 Å². The second-order valence-corrected chi connectivity index (χ2v) is 5.90. The molecule has 0 saturated carbocycles. The van der Waals surface area contributed by atoms with Crippen LogP contribution in [-0.4, -0.2) is 33.9 Å². The maximum Gasteiger partial charge on any atom is 0.222 e. The fraction of sp³-hybridized carbons (Fsp3) is 0.412. The van der Waals surface area contributed by atoms with Crippen LogP contribution in [0.25, 0.3) is 0 Å². The number of anilines is 3. The molecule has 0 aliphatic rings. The highest BCUT2D eigenvalue weighted by Crippen LogP contribution is 2.16. The first-order valence-electron chi connectivity index (χ1n) is 8.01. The highest BCUT2D eigenvalue weighted by atomic mass is 16.1. The number of nitrogens with zero attached hydrogens (tertiary/aromatic N) is 3. The minimum Gasteiger partial charge on any atom is -0.368 e. The molecule has 0 aliphatic carbocycles. The predicted octanol–water partition coefficient (Wildman–Crippen LogP) is 2.42. The Bertz CT molecular complexity index is 701. The monoisotopic (exact) mass is 328 g/mol. The van der Waals surface area contributed by atoms with Crippen molar-refractivity contribution in [2.45, 2.75) is 27.7 Å². The maximum atomic E-state index is 11.5. The minimum absolute atomic E-state index is 0.0103. The molecule has 0 aliphatic heterocycles. The van der Waals surface area contributed by atoms with E-state index in [1.165, 1.54) is 0 Å². The van der Waals surface area contributed by atoms with Crippen molar-refractivity contribution in [2.24, 2.45) is 5.92 Å². The smallest absolute Gasteiger partial charge is 0.222 e. The molecule has 0 aromatic carbocycles. The van der Waals surface area contributed by atoms with E-state index < -0.39 is 0 Å². The molecule has 2 aromatic heterocycles. The summed E-state index contributed by atoms with van der Waals surface area (Å²) in [4.78, 5) is 24.5. The first kappa shape index (κ1) is 17.7. The molecule has 2 aromatic rings. The summed E-state index contributed by atoms with van der Waals surface area (Å²) in [5, 5.41) is 9.23. The van der Waals surface area contributed by atoms with E-state index in [1.807, 2.05) is 45.9 Å². The van der Waals surface area contributed by atoms with Crippen LogP contribution in [-0.2, 0) is 4.79 Å². The third kappa shape index (κ3) is 5.49. The number of nitrogens with one attached hydrogen (secondary N) is 3. The van der Waals surface area contributed by atoms with Crippen molar-refractivity contribution in [1.82, 2.24) is 20.3 Å². The summed E-state index contributed by atoms with van der Waals surface area (Å²) < 4.78 is 0. The minimum atomic E-state index is -0.0103. The summed E-state index contributed by atoms with van der Waals surface area (Å²) in [6.45, 7) is 8.72. The molecule has 0 atom stereocenters. The lowest BCUT2D eigenvalue weighted by Gasteiger charge is -2.11. The van der Waals surface area contributed by atoms with Gasteiger partial charge in [-0.05, 0) is 31.5 Å². The fourth-order valence-electron chi connectivity index (χ4n) is 2.04. The number of hydrogen-bond acceptors (Lipinski definition) is 6. The van der Waals surface area contributed by atoms with Crippen LogP contribution in [0.1, 0.15) is 25.2 Å². The molecule has 7 nitrogen and oxygen atoms in total. The Hall–Kier alpha value is -2.70. The SMILES string of the molecule is Cc1ccnc(Nc2cc(NCCNC(=O)C(C)C)nc(C)n2)c1. The first-order chi connectivity index (χ1) is 11.4. The van der Waals surface area contributed by atoms with Gasteiger partial charge in [-0.1, -0.05) is 13.8 Å². The second kappa shape index (κ2) is 8.24. The molecule has 2 heterocycles. The van der Waals surface area contributed by atoms with Gasteiger partial charge in [-0.2, -0.15) is 0 Å². The van der Waals surface area contributed by atoms with Gasteiger partial charge >= 0.3 is 0 Å². The summed E-state index contributed by atoms with van der Waals surface area (Å²) in [7, 11) is 0. The van der Waals surface area contributed by atoms with Crippen LogP contribution in [0.5, 0.6) is 0 Å². The molecule has 3 N–H and O–H groups in total. The number of aryl methyl sites for hydroxylation is 2. The van der Waals surface area contributed by atoms with Gasteiger partial charge in [0.2, 0.25) is 5.91 Å². The largest absolute Gasteiger partial charge is 0.368 e. The fourth-order valence-corrected chi connectivity index (χ4v) is 2.04. The number of carbonyl (C=O) groups is 1. The standard InChI is InChI=1S/C17H24N6O/c1-11(2)17(24)20-8-7-19-15-10-16(22-13(4)21-15)23-14-9-12(3)5-6-18-14/h5-6,9-11H,7-8H2,1-4H3,(H,20,24)(H2,18,19,21,22,23). The zero-order chi connectivity index (χ0) is 17.5. The van der Waals surface area contributed by atoms with E-state index in [4.69, 9.17) is 0 Å². The van der Waals surface area contributed by atoms with Crippen molar-refractivity contribution >= 4 is 23.4 Å². The molecule has 128 valence electrons. The molecule has 24 heavy (non-hydrogen) atoms. The molecule has 0 saturated heterocycles. The van der Waals surface area contributed by atoms with E-state index in [0.29, 0.717) is 30.5 Å². The number of rotatable bonds is 7. The lowest BCUT2D eigenvalue weighted by atomic mass is 10.2. The van der Waals surface area contributed by atoms with Crippen molar-refractivity contribution in [3.8, 4) is 0 Å². The molecule has 2 rings (SSSR count). The zero-order valence-corrected chi connectivity index (χ0v) is 14.6. The normalized spacial score (nSPS) is 10.5. The van der Waals surface area contributed by atoms with Gasteiger partial charge in [0.05, 0.1) is 0 Å². The van der Waals surface area contributed by atoms with Crippen molar-refractivity contribution in [1.29, 1.82) is 0 Å². The van der Waals surface area contributed by atoms with Crippen LogP contribution in [0.15, 0.2) is 24.4 Å². The van der Waals surface area contributed by atoms with Crippen molar-refractivity contribution < 1.29 is 4.79 Å². The van der Waals surface area contributed by atoms with E-state index in [9.17, 15) is 4.79 Å². The lowest BCUT2D eigenvalue weighted by Crippen LogP contribution is -2.32. The Balaban J connectivity index is 1.94. The Morgan fingerprint density at radius 3 is 2.54 bits per heavy atom.